The minimum Gasteiger partial charge on any atom is -0.477 e. The summed E-state index contributed by atoms with van der Waals surface area (Å²) in [7, 11) is 1.61. The van der Waals surface area contributed by atoms with Crippen molar-refractivity contribution in [1.29, 1.82) is 0 Å². The van der Waals surface area contributed by atoms with Crippen LogP contribution in [0, 0.1) is 13.8 Å². The fourth-order valence-electron chi connectivity index (χ4n) is 2.01. The van der Waals surface area contributed by atoms with Gasteiger partial charge in [0.2, 0.25) is 0 Å². The van der Waals surface area contributed by atoms with Crippen molar-refractivity contribution in [1.82, 2.24) is 10.3 Å². The zero-order valence-electron chi connectivity index (χ0n) is 12.6. The van der Waals surface area contributed by atoms with Crippen molar-refractivity contribution < 1.29 is 24.2 Å². The molecule has 1 heterocycles. The highest BCUT2D eigenvalue weighted by molar-refractivity contribution is 6.00. The number of carboxylic acids is 1. The molecule has 118 valence electrons. The number of aromatic carboxylic acids is 1. The minimum absolute atomic E-state index is 0.0561. The van der Waals surface area contributed by atoms with Crippen molar-refractivity contribution in [3.63, 3.8) is 0 Å². The summed E-state index contributed by atoms with van der Waals surface area (Å²) in [6, 6.07) is 0. The number of amides is 1. The van der Waals surface area contributed by atoms with Gasteiger partial charge in [-0.15, -0.1) is 0 Å². The Labute approximate surface area is 123 Å². The number of aromatic amines is 1. The number of rotatable bonds is 9. The van der Waals surface area contributed by atoms with Gasteiger partial charge in [-0.1, -0.05) is 0 Å². The monoisotopic (exact) mass is 298 g/mol. The molecule has 0 aliphatic rings. The lowest BCUT2D eigenvalue weighted by Crippen LogP contribution is -2.26. The molecule has 0 unspecified atom stereocenters. The van der Waals surface area contributed by atoms with Gasteiger partial charge in [0.15, 0.2) is 0 Å². The molecule has 0 aliphatic carbocycles. The minimum atomic E-state index is -1.07. The van der Waals surface area contributed by atoms with Crippen molar-refractivity contribution in [2.24, 2.45) is 0 Å². The Morgan fingerprint density at radius 2 is 1.95 bits per heavy atom. The zero-order chi connectivity index (χ0) is 15.8. The number of ether oxygens (including phenoxy) is 2. The Bertz CT molecular complexity index is 496. The van der Waals surface area contributed by atoms with Gasteiger partial charge in [0.25, 0.3) is 5.91 Å². The molecule has 0 saturated heterocycles. The summed E-state index contributed by atoms with van der Waals surface area (Å²) in [5.41, 5.74) is 1.46. The second kappa shape index (κ2) is 8.43. The largest absolute Gasteiger partial charge is 0.477 e. The van der Waals surface area contributed by atoms with E-state index in [1.807, 2.05) is 0 Å². The van der Waals surface area contributed by atoms with Gasteiger partial charge in [-0.05, 0) is 25.8 Å². The number of H-pyrrole nitrogens is 1. The lowest BCUT2D eigenvalue weighted by atomic mass is 10.1. The topological polar surface area (TPSA) is 101 Å². The molecule has 0 aromatic carbocycles. The van der Waals surface area contributed by atoms with Crippen molar-refractivity contribution in [2.75, 3.05) is 33.5 Å². The van der Waals surface area contributed by atoms with Crippen molar-refractivity contribution >= 4 is 11.9 Å². The maximum absolute atomic E-state index is 12.1. The van der Waals surface area contributed by atoms with E-state index in [1.165, 1.54) is 0 Å². The number of hydrogen-bond donors (Lipinski definition) is 3. The van der Waals surface area contributed by atoms with Crippen LogP contribution >= 0.6 is 0 Å². The fraction of sp³-hybridized carbons (Fsp3) is 0.571. The fourth-order valence-corrected chi connectivity index (χ4v) is 2.01. The molecule has 7 nitrogen and oxygen atoms in total. The van der Waals surface area contributed by atoms with Gasteiger partial charge in [0.1, 0.15) is 5.69 Å². The van der Waals surface area contributed by atoms with E-state index in [4.69, 9.17) is 14.6 Å². The Morgan fingerprint density at radius 3 is 2.52 bits per heavy atom. The average molecular weight is 298 g/mol. The van der Waals surface area contributed by atoms with Crippen LogP contribution in [-0.4, -0.2) is 55.4 Å². The lowest BCUT2D eigenvalue weighted by Gasteiger charge is -2.07. The average Bonchev–Trinajstić information content (AvgIpc) is 2.73. The number of nitrogens with one attached hydrogen (secondary N) is 2. The highest BCUT2D eigenvalue weighted by Gasteiger charge is 2.21. The number of aromatic nitrogens is 1. The Hall–Kier alpha value is -1.86. The van der Waals surface area contributed by atoms with E-state index in [0.717, 1.165) is 0 Å². The number of aryl methyl sites for hydroxylation is 1. The maximum Gasteiger partial charge on any atom is 0.352 e. The second-order valence-electron chi connectivity index (χ2n) is 4.64. The van der Waals surface area contributed by atoms with Crippen LogP contribution in [0.1, 0.15) is 38.5 Å². The first kappa shape index (κ1) is 17.2. The molecule has 0 fully saturated rings. The summed E-state index contributed by atoms with van der Waals surface area (Å²) in [5, 5.41) is 11.8. The first-order valence-electron chi connectivity index (χ1n) is 6.76. The highest BCUT2D eigenvalue weighted by Crippen LogP contribution is 2.17. The van der Waals surface area contributed by atoms with Gasteiger partial charge >= 0.3 is 5.97 Å². The van der Waals surface area contributed by atoms with Gasteiger partial charge in [-0.25, -0.2) is 4.79 Å². The molecule has 1 aromatic rings. The molecule has 1 aromatic heterocycles. The molecule has 21 heavy (non-hydrogen) atoms. The molecule has 0 aliphatic heterocycles. The Morgan fingerprint density at radius 1 is 1.24 bits per heavy atom. The summed E-state index contributed by atoms with van der Waals surface area (Å²) < 4.78 is 10.1. The van der Waals surface area contributed by atoms with Crippen molar-refractivity contribution in [3.05, 3.63) is 22.5 Å². The van der Waals surface area contributed by atoms with E-state index in [0.29, 0.717) is 49.6 Å². The molecular weight excluding hydrogens is 276 g/mol. The molecule has 0 spiro atoms. The van der Waals surface area contributed by atoms with Crippen molar-refractivity contribution in [3.8, 4) is 0 Å². The lowest BCUT2D eigenvalue weighted by molar-refractivity contribution is 0.0687. The first-order chi connectivity index (χ1) is 9.99. The number of hydrogen-bond acceptors (Lipinski definition) is 4. The van der Waals surface area contributed by atoms with Crippen molar-refractivity contribution in [2.45, 2.75) is 20.3 Å². The van der Waals surface area contributed by atoms with E-state index in [9.17, 15) is 9.59 Å². The molecule has 3 N–H and O–H groups in total. The van der Waals surface area contributed by atoms with E-state index in [2.05, 4.69) is 10.3 Å². The van der Waals surface area contributed by atoms with Gasteiger partial charge in [-0.3, -0.25) is 4.79 Å². The number of methoxy groups -OCH3 is 1. The third-order valence-electron chi connectivity index (χ3n) is 3.06. The Kier molecular flexibility index (Phi) is 6.90. The van der Waals surface area contributed by atoms with Crippen LogP contribution in [0.4, 0.5) is 0 Å². The number of carbonyl (C=O) groups excluding carboxylic acids is 1. The van der Waals surface area contributed by atoms with Gasteiger partial charge in [0.05, 0.1) is 18.8 Å². The molecule has 1 amide bonds. The first-order valence-corrected chi connectivity index (χ1v) is 6.76. The van der Waals surface area contributed by atoms with E-state index in [1.54, 1.807) is 21.0 Å². The van der Waals surface area contributed by atoms with Gasteiger partial charge < -0.3 is 24.9 Å². The smallest absolute Gasteiger partial charge is 0.352 e. The van der Waals surface area contributed by atoms with Crippen LogP contribution in [0.3, 0.4) is 0 Å². The maximum atomic E-state index is 12.1. The molecule has 0 atom stereocenters. The second-order valence-corrected chi connectivity index (χ2v) is 4.64. The van der Waals surface area contributed by atoms with Gasteiger partial charge in [-0.2, -0.15) is 0 Å². The predicted molar refractivity (Wildman–Crippen MR) is 76.9 cm³/mol. The normalized spacial score (nSPS) is 10.6. The molecule has 7 heteroatoms. The van der Waals surface area contributed by atoms with Gasteiger partial charge in [0, 0.05) is 26.0 Å². The number of carbonyl (C=O) groups is 2. The summed E-state index contributed by atoms with van der Waals surface area (Å²) in [5.74, 6) is -1.34. The van der Waals surface area contributed by atoms with Crippen LogP contribution in [-0.2, 0) is 9.47 Å². The highest BCUT2D eigenvalue weighted by atomic mass is 16.5. The SMILES string of the molecule is COCCOCCCNC(=O)c1c(C)[nH]c(C(=O)O)c1C. The summed E-state index contributed by atoms with van der Waals surface area (Å²) >= 11 is 0. The van der Waals surface area contributed by atoms with Crippen LogP contribution < -0.4 is 5.32 Å². The van der Waals surface area contributed by atoms with E-state index >= 15 is 0 Å². The number of carboxylic acid groups (broad SMARTS) is 1. The summed E-state index contributed by atoms with van der Waals surface area (Å²) in [4.78, 5) is 25.8. The molecular formula is C14H22N2O5. The summed E-state index contributed by atoms with van der Waals surface area (Å²) in [6.07, 6.45) is 0.684. The molecule has 0 saturated carbocycles. The van der Waals surface area contributed by atoms with E-state index < -0.39 is 5.97 Å². The van der Waals surface area contributed by atoms with Crippen LogP contribution in [0.15, 0.2) is 0 Å². The third-order valence-corrected chi connectivity index (χ3v) is 3.06. The van der Waals surface area contributed by atoms with Crippen LogP contribution in [0.25, 0.3) is 0 Å². The standard InChI is InChI=1S/C14H22N2O5/c1-9-11(10(2)16-12(9)14(18)19)13(17)15-5-4-6-21-8-7-20-3/h16H,4-8H2,1-3H3,(H,15,17)(H,18,19). The zero-order valence-corrected chi connectivity index (χ0v) is 12.6. The third kappa shape index (κ3) is 4.87. The van der Waals surface area contributed by atoms with Crippen LogP contribution in [0.2, 0.25) is 0 Å². The summed E-state index contributed by atoms with van der Waals surface area (Å²) in [6.45, 7) is 5.39. The van der Waals surface area contributed by atoms with E-state index in [-0.39, 0.29) is 11.6 Å². The molecule has 0 radical (unpaired) electrons. The Balaban J connectivity index is 2.44. The molecule has 1 rings (SSSR count). The molecule has 0 bridgehead atoms. The predicted octanol–water partition coefficient (Wildman–Crippen LogP) is 1.11. The van der Waals surface area contributed by atoms with Crippen LogP contribution in [0.5, 0.6) is 0 Å². The quantitative estimate of drug-likeness (QED) is 0.593.